The fourth-order valence-corrected chi connectivity index (χ4v) is 2.80. The first-order chi connectivity index (χ1) is 8.77. The van der Waals surface area contributed by atoms with Gasteiger partial charge in [-0.15, -0.1) is 11.3 Å². The Labute approximate surface area is 114 Å². The van der Waals surface area contributed by atoms with E-state index in [1.807, 2.05) is 22.2 Å². The van der Waals surface area contributed by atoms with Crippen LogP contribution in [0.5, 0.6) is 0 Å². The lowest BCUT2D eigenvalue weighted by molar-refractivity contribution is 0.182. The Morgan fingerprint density at radius 3 is 3.11 bits per heavy atom. The lowest BCUT2D eigenvalue weighted by Gasteiger charge is -2.17. The molecular weight excluding hydrogens is 272 g/mol. The van der Waals surface area contributed by atoms with Gasteiger partial charge in [0.25, 0.3) is 0 Å². The third kappa shape index (κ3) is 2.73. The molecule has 0 aromatic carbocycles. The first-order valence-electron chi connectivity index (χ1n) is 5.47. The smallest absolute Gasteiger partial charge is 0.0985 e. The normalized spacial score (nSPS) is 12.8. The molecule has 2 aromatic heterocycles. The topological polar surface area (TPSA) is 65.1 Å². The van der Waals surface area contributed by atoms with Gasteiger partial charge in [0.1, 0.15) is 0 Å². The fraction of sp³-hybridized carbons (Fsp3) is 0.364. The molecular formula is C11H15ClN4OS. The highest BCUT2D eigenvalue weighted by Crippen LogP contribution is 2.30. The van der Waals surface area contributed by atoms with Crippen molar-refractivity contribution in [1.82, 2.24) is 15.2 Å². The van der Waals surface area contributed by atoms with Gasteiger partial charge in [0, 0.05) is 12.0 Å². The highest BCUT2D eigenvalue weighted by Gasteiger charge is 2.21. The van der Waals surface area contributed by atoms with Gasteiger partial charge in [-0.05, 0) is 11.4 Å². The summed E-state index contributed by atoms with van der Waals surface area (Å²) in [5.74, 6) is 5.65. The Morgan fingerprint density at radius 2 is 2.50 bits per heavy atom. The summed E-state index contributed by atoms with van der Waals surface area (Å²) in [5.41, 5.74) is 3.65. The SMILES string of the molecule is COCCn1ncc(Cl)c1C(NN)c1cccs1. The van der Waals surface area contributed by atoms with Crippen molar-refractivity contribution in [2.75, 3.05) is 13.7 Å². The highest BCUT2D eigenvalue weighted by molar-refractivity contribution is 7.10. The number of nitrogens with zero attached hydrogens (tertiary/aromatic N) is 2. The van der Waals surface area contributed by atoms with Crippen molar-refractivity contribution in [3.63, 3.8) is 0 Å². The van der Waals surface area contributed by atoms with Gasteiger partial charge in [0.15, 0.2) is 0 Å². The van der Waals surface area contributed by atoms with Crippen molar-refractivity contribution >= 4 is 22.9 Å². The zero-order chi connectivity index (χ0) is 13.0. The molecule has 2 heterocycles. The molecule has 0 fully saturated rings. The second kappa shape index (κ2) is 6.31. The van der Waals surface area contributed by atoms with Crippen LogP contribution in [0.2, 0.25) is 5.02 Å². The van der Waals surface area contributed by atoms with Crippen LogP contribution in [0.15, 0.2) is 23.7 Å². The van der Waals surface area contributed by atoms with Crippen LogP contribution in [-0.4, -0.2) is 23.5 Å². The summed E-state index contributed by atoms with van der Waals surface area (Å²) >= 11 is 7.82. The summed E-state index contributed by atoms with van der Waals surface area (Å²) in [4.78, 5) is 1.10. The molecule has 0 amide bonds. The number of hydrogen-bond acceptors (Lipinski definition) is 5. The van der Waals surface area contributed by atoms with Gasteiger partial charge in [0.05, 0.1) is 36.1 Å². The molecule has 0 aliphatic heterocycles. The molecule has 1 unspecified atom stereocenters. The van der Waals surface area contributed by atoms with Crippen LogP contribution in [0.25, 0.3) is 0 Å². The lowest BCUT2D eigenvalue weighted by atomic mass is 10.2. The molecule has 3 N–H and O–H groups in total. The standard InChI is InChI=1S/C11H15ClN4OS/c1-17-5-4-16-11(8(12)7-14-16)10(15-13)9-3-2-6-18-9/h2-3,6-7,10,15H,4-5,13H2,1H3. The second-order valence-corrected chi connectivity index (χ2v) is 5.10. The van der Waals surface area contributed by atoms with Crippen LogP contribution >= 0.6 is 22.9 Å². The van der Waals surface area contributed by atoms with Gasteiger partial charge in [-0.3, -0.25) is 10.5 Å². The summed E-state index contributed by atoms with van der Waals surface area (Å²) in [5, 5.41) is 6.85. The van der Waals surface area contributed by atoms with Crippen molar-refractivity contribution in [3.8, 4) is 0 Å². The van der Waals surface area contributed by atoms with E-state index in [1.165, 1.54) is 0 Å². The molecule has 1 atom stereocenters. The van der Waals surface area contributed by atoms with Crippen LogP contribution in [0, 0.1) is 0 Å². The average Bonchev–Trinajstić information content (AvgIpc) is 3.00. The predicted octanol–water partition coefficient (Wildman–Crippen LogP) is 1.80. The van der Waals surface area contributed by atoms with Gasteiger partial charge in [-0.1, -0.05) is 17.7 Å². The Hall–Kier alpha value is -0.920. The maximum atomic E-state index is 6.20. The predicted molar refractivity (Wildman–Crippen MR) is 72.6 cm³/mol. The van der Waals surface area contributed by atoms with Gasteiger partial charge >= 0.3 is 0 Å². The van der Waals surface area contributed by atoms with E-state index in [-0.39, 0.29) is 6.04 Å². The molecule has 0 aliphatic rings. The summed E-state index contributed by atoms with van der Waals surface area (Å²) in [7, 11) is 1.66. The lowest BCUT2D eigenvalue weighted by Crippen LogP contribution is -2.30. The maximum absolute atomic E-state index is 6.20. The summed E-state index contributed by atoms with van der Waals surface area (Å²) in [6, 6.07) is 3.84. The molecule has 0 saturated heterocycles. The minimum absolute atomic E-state index is 0.156. The zero-order valence-electron chi connectivity index (χ0n) is 9.97. The first-order valence-corrected chi connectivity index (χ1v) is 6.73. The van der Waals surface area contributed by atoms with Crippen LogP contribution in [0.1, 0.15) is 16.6 Å². The first kappa shape index (κ1) is 13.5. The molecule has 0 bridgehead atoms. The van der Waals surface area contributed by atoms with Gasteiger partial charge in [0.2, 0.25) is 0 Å². The highest BCUT2D eigenvalue weighted by atomic mass is 35.5. The zero-order valence-corrected chi connectivity index (χ0v) is 11.5. The van der Waals surface area contributed by atoms with Crippen molar-refractivity contribution < 1.29 is 4.74 Å². The van der Waals surface area contributed by atoms with E-state index in [2.05, 4.69) is 10.5 Å². The Kier molecular flexibility index (Phi) is 4.73. The molecule has 2 aromatic rings. The van der Waals surface area contributed by atoms with Gasteiger partial charge < -0.3 is 4.74 Å². The number of halogens is 1. The van der Waals surface area contributed by atoms with Crippen LogP contribution in [0.4, 0.5) is 0 Å². The number of aromatic nitrogens is 2. The molecule has 7 heteroatoms. The number of hydrazine groups is 1. The number of ether oxygens (including phenoxy) is 1. The van der Waals surface area contributed by atoms with E-state index < -0.39 is 0 Å². The number of methoxy groups -OCH3 is 1. The van der Waals surface area contributed by atoms with Crippen molar-refractivity contribution in [2.24, 2.45) is 5.84 Å². The average molecular weight is 287 g/mol. The van der Waals surface area contributed by atoms with E-state index in [9.17, 15) is 0 Å². The van der Waals surface area contributed by atoms with E-state index in [1.54, 1.807) is 24.6 Å². The largest absolute Gasteiger partial charge is 0.383 e. The third-order valence-electron chi connectivity index (χ3n) is 2.61. The minimum atomic E-state index is -0.156. The molecule has 0 radical (unpaired) electrons. The third-order valence-corrected chi connectivity index (χ3v) is 3.84. The maximum Gasteiger partial charge on any atom is 0.0985 e. The van der Waals surface area contributed by atoms with Crippen LogP contribution in [-0.2, 0) is 11.3 Å². The second-order valence-electron chi connectivity index (χ2n) is 3.71. The van der Waals surface area contributed by atoms with Crippen LogP contribution in [0.3, 0.4) is 0 Å². The summed E-state index contributed by atoms with van der Waals surface area (Å²) < 4.78 is 6.88. The van der Waals surface area contributed by atoms with Crippen molar-refractivity contribution in [3.05, 3.63) is 39.3 Å². The molecule has 98 valence electrons. The number of nitrogens with one attached hydrogen (secondary N) is 1. The Bertz CT molecular complexity index is 485. The van der Waals surface area contributed by atoms with E-state index in [4.69, 9.17) is 22.2 Å². The van der Waals surface area contributed by atoms with Gasteiger partial charge in [-0.25, -0.2) is 5.43 Å². The van der Waals surface area contributed by atoms with Gasteiger partial charge in [-0.2, -0.15) is 5.10 Å². The Morgan fingerprint density at radius 1 is 1.67 bits per heavy atom. The van der Waals surface area contributed by atoms with E-state index in [0.717, 1.165) is 10.6 Å². The molecule has 5 nitrogen and oxygen atoms in total. The minimum Gasteiger partial charge on any atom is -0.383 e. The number of rotatable bonds is 6. The molecule has 0 saturated carbocycles. The number of thiophene rings is 1. The van der Waals surface area contributed by atoms with Crippen molar-refractivity contribution in [1.29, 1.82) is 0 Å². The van der Waals surface area contributed by atoms with E-state index in [0.29, 0.717) is 18.2 Å². The monoisotopic (exact) mass is 286 g/mol. The molecule has 2 rings (SSSR count). The molecule has 0 aliphatic carbocycles. The molecule has 0 spiro atoms. The van der Waals surface area contributed by atoms with Crippen LogP contribution < -0.4 is 11.3 Å². The number of hydrogen-bond donors (Lipinski definition) is 2. The van der Waals surface area contributed by atoms with Crippen molar-refractivity contribution in [2.45, 2.75) is 12.6 Å². The summed E-state index contributed by atoms with van der Waals surface area (Å²) in [6.07, 6.45) is 1.63. The fourth-order valence-electron chi connectivity index (χ4n) is 1.77. The Balaban J connectivity index is 2.32. The summed E-state index contributed by atoms with van der Waals surface area (Å²) in [6.45, 7) is 1.22. The quantitative estimate of drug-likeness (QED) is 0.628. The van der Waals surface area contributed by atoms with E-state index >= 15 is 0 Å². The molecule has 18 heavy (non-hydrogen) atoms. The number of nitrogens with two attached hydrogens (primary N) is 1.